The van der Waals surface area contributed by atoms with Crippen molar-refractivity contribution in [1.82, 2.24) is 0 Å². The zero-order chi connectivity index (χ0) is 25.7. The van der Waals surface area contributed by atoms with Gasteiger partial charge in [-0.3, -0.25) is 0 Å². The van der Waals surface area contributed by atoms with E-state index in [1.165, 1.54) is 61.6 Å². The van der Waals surface area contributed by atoms with E-state index in [1.54, 1.807) is 0 Å². The van der Waals surface area contributed by atoms with Crippen LogP contribution in [0.1, 0.15) is 47.2 Å². The molecule has 0 aromatic heterocycles. The number of aryl methyl sites for hydroxylation is 2. The molecule has 0 bridgehead atoms. The average molecular weight is 490 g/mol. The molecule has 5 aromatic carbocycles. The maximum absolute atomic E-state index is 2.42. The van der Waals surface area contributed by atoms with Gasteiger partial charge < -0.3 is 4.90 Å². The molecule has 0 saturated heterocycles. The normalized spacial score (nSPS) is 14.9. The highest BCUT2D eigenvalue weighted by Crippen LogP contribution is 2.48. The van der Waals surface area contributed by atoms with Gasteiger partial charge in [-0.25, -0.2) is 0 Å². The molecule has 5 aromatic rings. The molecule has 1 heteroatoms. The van der Waals surface area contributed by atoms with Crippen LogP contribution in [0.3, 0.4) is 0 Å². The second-order valence-electron chi connectivity index (χ2n) is 11.0. The number of benzene rings is 5. The van der Waals surface area contributed by atoms with Gasteiger partial charge >= 0.3 is 0 Å². The van der Waals surface area contributed by atoms with E-state index in [2.05, 4.69) is 146 Å². The highest BCUT2D eigenvalue weighted by molar-refractivity contribution is 5.84. The zero-order valence-electron chi connectivity index (χ0n) is 22.0. The van der Waals surface area contributed by atoms with E-state index in [0.29, 0.717) is 0 Å². The summed E-state index contributed by atoms with van der Waals surface area (Å²) in [6, 6.07) is 42.3. The van der Waals surface area contributed by atoms with E-state index in [1.807, 2.05) is 0 Å². The first-order valence-corrected chi connectivity index (χ1v) is 13.6. The highest BCUT2D eigenvalue weighted by Gasteiger charge is 2.34. The number of fused-ring (bicyclic) bond motifs is 5. The Labute approximate surface area is 225 Å². The third kappa shape index (κ3) is 3.70. The molecule has 0 amide bonds. The predicted octanol–water partition coefficient (Wildman–Crippen LogP) is 9.73. The molecule has 184 valence electrons. The van der Waals surface area contributed by atoms with Gasteiger partial charge in [0.25, 0.3) is 0 Å². The van der Waals surface area contributed by atoms with Crippen molar-refractivity contribution in [1.29, 1.82) is 0 Å². The van der Waals surface area contributed by atoms with Crippen LogP contribution in [0.2, 0.25) is 0 Å². The monoisotopic (exact) mass is 489 g/mol. The predicted molar refractivity (Wildman–Crippen MR) is 161 cm³/mol. The smallest absolute Gasteiger partial charge is 0.0493 e. The maximum Gasteiger partial charge on any atom is 0.0493 e. The summed E-state index contributed by atoms with van der Waals surface area (Å²) in [5, 5.41) is 0. The lowest BCUT2D eigenvalue weighted by atomic mass is 9.82. The molecule has 38 heavy (non-hydrogen) atoms. The SMILES string of the molecule is CC1(C)c2ccccc2-c2ccc(/C=C/c3ccc(N4c5ccccc5CCc5ccccc54)cc3)cc21. The minimum absolute atomic E-state index is 0.0250. The number of para-hydroxylation sites is 2. The Kier molecular flexibility index (Phi) is 5.33. The van der Waals surface area contributed by atoms with Crippen LogP contribution in [0.15, 0.2) is 115 Å². The molecule has 0 radical (unpaired) electrons. The molecule has 2 aliphatic rings. The number of hydrogen-bond acceptors (Lipinski definition) is 1. The van der Waals surface area contributed by atoms with E-state index < -0.39 is 0 Å². The van der Waals surface area contributed by atoms with Crippen molar-refractivity contribution in [3.8, 4) is 11.1 Å². The van der Waals surface area contributed by atoms with E-state index in [0.717, 1.165) is 12.8 Å². The van der Waals surface area contributed by atoms with Crippen molar-refractivity contribution in [2.75, 3.05) is 4.90 Å². The molecule has 7 rings (SSSR count). The van der Waals surface area contributed by atoms with Gasteiger partial charge in [0.05, 0.1) is 0 Å². The molecular weight excluding hydrogens is 458 g/mol. The number of rotatable bonds is 3. The van der Waals surface area contributed by atoms with Crippen LogP contribution in [0, 0.1) is 0 Å². The van der Waals surface area contributed by atoms with Crippen LogP contribution < -0.4 is 4.90 Å². The maximum atomic E-state index is 2.42. The average Bonchev–Trinajstić information content (AvgIpc) is 3.07. The summed E-state index contributed by atoms with van der Waals surface area (Å²) < 4.78 is 0. The van der Waals surface area contributed by atoms with Crippen LogP contribution in [0.4, 0.5) is 17.1 Å². The van der Waals surface area contributed by atoms with Gasteiger partial charge in [0, 0.05) is 22.5 Å². The fourth-order valence-electron chi connectivity index (χ4n) is 6.31. The molecule has 1 aliphatic carbocycles. The summed E-state index contributed by atoms with van der Waals surface area (Å²) in [5.41, 5.74) is 14.6. The van der Waals surface area contributed by atoms with Crippen molar-refractivity contribution in [2.24, 2.45) is 0 Å². The van der Waals surface area contributed by atoms with Crippen molar-refractivity contribution in [3.63, 3.8) is 0 Å². The Morgan fingerprint density at radius 2 is 1.11 bits per heavy atom. The second-order valence-corrected chi connectivity index (χ2v) is 11.0. The van der Waals surface area contributed by atoms with Gasteiger partial charge in [0.15, 0.2) is 0 Å². The molecule has 0 N–H and O–H groups in total. The minimum Gasteiger partial charge on any atom is -0.310 e. The number of anilines is 3. The summed E-state index contributed by atoms with van der Waals surface area (Å²) in [7, 11) is 0. The zero-order valence-corrected chi connectivity index (χ0v) is 22.0. The summed E-state index contributed by atoms with van der Waals surface area (Å²) in [5.74, 6) is 0. The van der Waals surface area contributed by atoms with Gasteiger partial charge in [0.1, 0.15) is 0 Å². The van der Waals surface area contributed by atoms with E-state index in [-0.39, 0.29) is 5.41 Å². The Morgan fingerprint density at radius 1 is 0.553 bits per heavy atom. The van der Waals surface area contributed by atoms with Crippen molar-refractivity contribution >= 4 is 29.2 Å². The van der Waals surface area contributed by atoms with E-state index in [9.17, 15) is 0 Å². The van der Waals surface area contributed by atoms with Gasteiger partial charge in [-0.05, 0) is 81.6 Å². The number of hydrogen-bond donors (Lipinski definition) is 0. The van der Waals surface area contributed by atoms with E-state index >= 15 is 0 Å². The summed E-state index contributed by atoms with van der Waals surface area (Å²) in [6.07, 6.45) is 6.59. The van der Waals surface area contributed by atoms with E-state index in [4.69, 9.17) is 0 Å². The van der Waals surface area contributed by atoms with Gasteiger partial charge in [-0.15, -0.1) is 0 Å². The van der Waals surface area contributed by atoms with Crippen molar-refractivity contribution in [2.45, 2.75) is 32.1 Å². The Hall–Kier alpha value is -4.36. The lowest BCUT2D eigenvalue weighted by Crippen LogP contribution is -2.14. The molecule has 1 heterocycles. The molecule has 0 fully saturated rings. The Morgan fingerprint density at radius 3 is 1.82 bits per heavy atom. The first-order valence-electron chi connectivity index (χ1n) is 13.6. The van der Waals surface area contributed by atoms with Crippen LogP contribution in [-0.2, 0) is 18.3 Å². The summed E-state index contributed by atoms with van der Waals surface area (Å²) >= 11 is 0. The quantitative estimate of drug-likeness (QED) is 0.228. The van der Waals surface area contributed by atoms with Gasteiger partial charge in [0.2, 0.25) is 0 Å². The van der Waals surface area contributed by atoms with Crippen molar-refractivity contribution in [3.05, 3.63) is 149 Å². The molecule has 0 saturated carbocycles. The molecule has 0 spiro atoms. The molecule has 0 atom stereocenters. The lowest BCUT2D eigenvalue weighted by molar-refractivity contribution is 0.660. The third-order valence-electron chi connectivity index (χ3n) is 8.36. The Balaban J connectivity index is 1.20. The van der Waals surface area contributed by atoms with Crippen LogP contribution in [0.5, 0.6) is 0 Å². The number of nitrogens with zero attached hydrogens (tertiary/aromatic N) is 1. The molecule has 0 unspecified atom stereocenters. The fourth-order valence-corrected chi connectivity index (χ4v) is 6.31. The van der Waals surface area contributed by atoms with Crippen molar-refractivity contribution < 1.29 is 0 Å². The third-order valence-corrected chi connectivity index (χ3v) is 8.36. The van der Waals surface area contributed by atoms with Crippen LogP contribution in [-0.4, -0.2) is 0 Å². The highest BCUT2D eigenvalue weighted by atomic mass is 15.1. The largest absolute Gasteiger partial charge is 0.310 e. The Bertz CT molecular complexity index is 1640. The fraction of sp³-hybridized carbons (Fsp3) is 0.135. The summed E-state index contributed by atoms with van der Waals surface area (Å²) in [4.78, 5) is 2.42. The molecule has 1 nitrogen and oxygen atoms in total. The first-order chi connectivity index (χ1) is 18.6. The summed E-state index contributed by atoms with van der Waals surface area (Å²) in [6.45, 7) is 4.67. The lowest BCUT2D eigenvalue weighted by Gasteiger charge is -2.27. The molecular formula is C37H31N. The van der Waals surface area contributed by atoms with Gasteiger partial charge in [-0.2, -0.15) is 0 Å². The van der Waals surface area contributed by atoms with Gasteiger partial charge in [-0.1, -0.05) is 117 Å². The molecule has 1 aliphatic heterocycles. The van der Waals surface area contributed by atoms with Crippen LogP contribution in [0.25, 0.3) is 23.3 Å². The minimum atomic E-state index is 0.0250. The second kappa shape index (κ2) is 8.89. The van der Waals surface area contributed by atoms with Crippen LogP contribution >= 0.6 is 0 Å². The topological polar surface area (TPSA) is 3.24 Å². The standard InChI is InChI=1S/C37H31N/c1-37(2)33-12-6-5-11-31(33)32-24-19-27(25-34(32)37)16-15-26-17-22-30(23-18-26)38-35-13-7-3-9-28(35)20-21-29-10-4-8-14-36(29)38/h3-19,22-25H,20-21H2,1-2H3/b16-15+. The first kappa shape index (κ1) is 22.8.